The monoisotopic (exact) mass is 218 g/mol. The van der Waals surface area contributed by atoms with E-state index in [1.807, 2.05) is 0 Å². The van der Waals surface area contributed by atoms with Gasteiger partial charge in [0.2, 0.25) is 5.91 Å². The van der Waals surface area contributed by atoms with Gasteiger partial charge in [-0.15, -0.1) is 0 Å². The number of hydrogen-bond acceptors (Lipinski definition) is 3. The van der Waals surface area contributed by atoms with Gasteiger partial charge in [-0.2, -0.15) is 0 Å². The molecule has 0 spiro atoms. The first-order chi connectivity index (χ1) is 6.60. The Labute approximate surface area is 87.1 Å². The maximum Gasteiger partial charge on any atom is 0.227 e. The Bertz CT molecular complexity index is 233. The molecule has 14 heavy (non-hydrogen) atoms. The highest BCUT2D eigenvalue weighted by Crippen LogP contribution is 2.39. The Hall–Kier alpha value is -0.420. The Kier molecular flexibility index (Phi) is 4.07. The van der Waals surface area contributed by atoms with Crippen molar-refractivity contribution in [3.63, 3.8) is 0 Å². The van der Waals surface area contributed by atoms with Crippen molar-refractivity contribution in [2.75, 3.05) is 25.1 Å². The Morgan fingerprint density at radius 2 is 2.21 bits per heavy atom. The molecule has 0 bridgehead atoms. The second-order valence-corrected chi connectivity index (χ2v) is 5.43. The van der Waals surface area contributed by atoms with Crippen LogP contribution < -0.4 is 11.1 Å². The molecule has 0 heterocycles. The number of nitrogens with two attached hydrogens (primary N) is 1. The SMILES string of the molecule is CS(=O)CCNC(=O)C1(CN)CCC1. The van der Waals surface area contributed by atoms with Crippen LogP contribution in [0, 0.1) is 5.41 Å². The number of carbonyl (C=O) groups is 1. The fraction of sp³-hybridized carbons (Fsp3) is 0.889. The van der Waals surface area contributed by atoms with E-state index >= 15 is 0 Å². The van der Waals surface area contributed by atoms with E-state index < -0.39 is 10.8 Å². The fourth-order valence-corrected chi connectivity index (χ4v) is 2.01. The van der Waals surface area contributed by atoms with Crippen molar-refractivity contribution in [1.82, 2.24) is 5.32 Å². The predicted octanol–water partition coefficient (Wildman–Crippen LogP) is -0.390. The summed E-state index contributed by atoms with van der Waals surface area (Å²) < 4.78 is 10.8. The van der Waals surface area contributed by atoms with Crippen molar-refractivity contribution < 1.29 is 9.00 Å². The third-order valence-corrected chi connectivity index (χ3v) is 3.64. The zero-order valence-electron chi connectivity index (χ0n) is 8.54. The minimum absolute atomic E-state index is 0.0386. The van der Waals surface area contributed by atoms with Crippen LogP contribution in [0.3, 0.4) is 0 Å². The Morgan fingerprint density at radius 3 is 2.57 bits per heavy atom. The molecule has 0 aromatic heterocycles. The highest BCUT2D eigenvalue weighted by atomic mass is 32.2. The highest BCUT2D eigenvalue weighted by Gasteiger charge is 2.42. The molecular weight excluding hydrogens is 200 g/mol. The molecule has 1 fully saturated rings. The smallest absolute Gasteiger partial charge is 0.227 e. The molecule has 5 heteroatoms. The lowest BCUT2D eigenvalue weighted by molar-refractivity contribution is -0.135. The molecule has 1 rings (SSSR count). The van der Waals surface area contributed by atoms with Crippen molar-refractivity contribution in [1.29, 1.82) is 0 Å². The van der Waals surface area contributed by atoms with E-state index in [2.05, 4.69) is 5.32 Å². The van der Waals surface area contributed by atoms with E-state index in [4.69, 9.17) is 5.73 Å². The molecular formula is C9H18N2O2S. The van der Waals surface area contributed by atoms with Crippen molar-refractivity contribution in [3.05, 3.63) is 0 Å². The standard InChI is InChI=1S/C9H18N2O2S/c1-14(13)6-5-11-8(12)9(7-10)3-2-4-9/h2-7,10H2,1H3,(H,11,12). The van der Waals surface area contributed by atoms with Crippen LogP contribution in [0.15, 0.2) is 0 Å². The summed E-state index contributed by atoms with van der Waals surface area (Å²) in [4.78, 5) is 11.7. The Morgan fingerprint density at radius 1 is 1.57 bits per heavy atom. The van der Waals surface area contributed by atoms with Crippen LogP contribution in [0.2, 0.25) is 0 Å². The van der Waals surface area contributed by atoms with Gasteiger partial charge in [-0.05, 0) is 12.8 Å². The van der Waals surface area contributed by atoms with Gasteiger partial charge in [-0.1, -0.05) is 6.42 Å². The summed E-state index contributed by atoms with van der Waals surface area (Å²) in [6.45, 7) is 0.914. The van der Waals surface area contributed by atoms with Gasteiger partial charge >= 0.3 is 0 Å². The Balaban J connectivity index is 2.30. The normalized spacial score (nSPS) is 21.0. The van der Waals surface area contributed by atoms with Crippen molar-refractivity contribution in [2.24, 2.45) is 11.1 Å². The van der Waals surface area contributed by atoms with Gasteiger partial charge in [0.05, 0.1) is 5.41 Å². The topological polar surface area (TPSA) is 72.2 Å². The zero-order chi connectivity index (χ0) is 10.6. The van der Waals surface area contributed by atoms with Gasteiger partial charge in [-0.25, -0.2) is 0 Å². The molecule has 1 amide bonds. The third kappa shape index (κ3) is 2.54. The summed E-state index contributed by atoms with van der Waals surface area (Å²) in [5, 5.41) is 2.80. The van der Waals surface area contributed by atoms with E-state index in [1.54, 1.807) is 6.26 Å². The first-order valence-electron chi connectivity index (χ1n) is 4.89. The van der Waals surface area contributed by atoms with Gasteiger partial charge in [-0.3, -0.25) is 9.00 Å². The lowest BCUT2D eigenvalue weighted by Gasteiger charge is -2.39. The van der Waals surface area contributed by atoms with Crippen molar-refractivity contribution in [2.45, 2.75) is 19.3 Å². The van der Waals surface area contributed by atoms with Crippen LogP contribution in [0.1, 0.15) is 19.3 Å². The second-order valence-electron chi connectivity index (χ2n) is 3.87. The molecule has 1 aliphatic carbocycles. The van der Waals surface area contributed by atoms with E-state index in [0.717, 1.165) is 19.3 Å². The quantitative estimate of drug-likeness (QED) is 0.660. The van der Waals surface area contributed by atoms with Gasteiger partial charge < -0.3 is 11.1 Å². The first-order valence-corrected chi connectivity index (χ1v) is 6.62. The number of hydrogen-bond donors (Lipinski definition) is 2. The maximum atomic E-state index is 11.7. The number of rotatable bonds is 5. The van der Waals surface area contributed by atoms with E-state index in [0.29, 0.717) is 18.8 Å². The summed E-state index contributed by atoms with van der Waals surface area (Å²) in [5.74, 6) is 0.559. The minimum atomic E-state index is -0.841. The van der Waals surface area contributed by atoms with Crippen molar-refractivity contribution in [3.8, 4) is 0 Å². The number of nitrogens with one attached hydrogen (secondary N) is 1. The van der Waals surface area contributed by atoms with Crippen LogP contribution in [-0.2, 0) is 15.6 Å². The lowest BCUT2D eigenvalue weighted by atomic mass is 9.68. The van der Waals surface area contributed by atoms with Crippen LogP contribution >= 0.6 is 0 Å². The molecule has 82 valence electrons. The second kappa shape index (κ2) is 4.89. The van der Waals surface area contributed by atoms with E-state index in [9.17, 15) is 9.00 Å². The van der Waals surface area contributed by atoms with Gasteiger partial charge in [0, 0.05) is 35.9 Å². The molecule has 1 aliphatic rings. The fourth-order valence-electron chi connectivity index (χ4n) is 1.62. The first kappa shape index (κ1) is 11.7. The van der Waals surface area contributed by atoms with Crippen molar-refractivity contribution >= 4 is 16.7 Å². The maximum absolute atomic E-state index is 11.7. The number of carbonyl (C=O) groups excluding carboxylic acids is 1. The molecule has 4 nitrogen and oxygen atoms in total. The summed E-state index contributed by atoms with van der Waals surface area (Å²) in [6, 6.07) is 0. The van der Waals surface area contributed by atoms with E-state index in [-0.39, 0.29) is 11.3 Å². The van der Waals surface area contributed by atoms with Crippen LogP contribution in [0.25, 0.3) is 0 Å². The molecule has 0 aromatic rings. The van der Waals surface area contributed by atoms with Gasteiger partial charge in [0.1, 0.15) is 0 Å². The molecule has 0 radical (unpaired) electrons. The van der Waals surface area contributed by atoms with Gasteiger partial charge in [0.25, 0.3) is 0 Å². The molecule has 1 unspecified atom stereocenters. The average molecular weight is 218 g/mol. The largest absolute Gasteiger partial charge is 0.355 e. The summed E-state index contributed by atoms with van der Waals surface area (Å²) in [5.41, 5.74) is 5.27. The highest BCUT2D eigenvalue weighted by molar-refractivity contribution is 7.84. The van der Waals surface area contributed by atoms with Gasteiger partial charge in [0.15, 0.2) is 0 Å². The van der Waals surface area contributed by atoms with Crippen LogP contribution in [0.5, 0.6) is 0 Å². The minimum Gasteiger partial charge on any atom is -0.355 e. The summed E-state index contributed by atoms with van der Waals surface area (Å²) in [6.07, 6.45) is 4.51. The predicted molar refractivity (Wildman–Crippen MR) is 57.3 cm³/mol. The van der Waals surface area contributed by atoms with Crippen LogP contribution in [0.4, 0.5) is 0 Å². The van der Waals surface area contributed by atoms with Crippen LogP contribution in [-0.4, -0.2) is 35.2 Å². The molecule has 1 atom stereocenters. The summed E-state index contributed by atoms with van der Waals surface area (Å²) in [7, 11) is -0.841. The molecule has 3 N–H and O–H groups in total. The molecule has 1 saturated carbocycles. The average Bonchev–Trinajstić information content (AvgIpc) is 2.02. The molecule has 0 aliphatic heterocycles. The lowest BCUT2D eigenvalue weighted by Crippen LogP contribution is -2.50. The van der Waals surface area contributed by atoms with E-state index in [1.165, 1.54) is 0 Å². The number of amides is 1. The zero-order valence-corrected chi connectivity index (χ0v) is 9.36. The molecule has 0 saturated heterocycles. The third-order valence-electron chi connectivity index (χ3n) is 2.86. The summed E-state index contributed by atoms with van der Waals surface area (Å²) >= 11 is 0. The molecule has 0 aromatic carbocycles.